The van der Waals surface area contributed by atoms with Gasteiger partial charge >= 0.3 is 0 Å². The lowest BCUT2D eigenvalue weighted by atomic mass is 10.2. The Balaban J connectivity index is 2.10. The topological polar surface area (TPSA) is 83.6 Å². The van der Waals surface area contributed by atoms with Crippen molar-refractivity contribution in [2.75, 3.05) is 18.9 Å². The number of para-hydroxylation sites is 1. The van der Waals surface area contributed by atoms with Gasteiger partial charge in [0.05, 0.1) is 17.1 Å². The van der Waals surface area contributed by atoms with E-state index in [1.165, 1.54) is 56.4 Å². The summed E-state index contributed by atoms with van der Waals surface area (Å²) >= 11 is 0. The number of benzene rings is 2. The summed E-state index contributed by atoms with van der Waals surface area (Å²) in [5.41, 5.74) is 0.364. The lowest BCUT2D eigenvalue weighted by molar-refractivity contribution is -0.116. The fourth-order valence-corrected chi connectivity index (χ4v) is 3.21. The van der Waals surface area contributed by atoms with Crippen LogP contribution in [0.3, 0.4) is 0 Å². The molecule has 0 bridgehead atoms. The molecule has 6 nitrogen and oxygen atoms in total. The standard InChI is InChI=1S/C17H17FN2O4S/c1-12(21)13-7-9-14(10-8-13)25(23,24)20(2)11-17(22)19-16-6-4-3-5-15(16)18/h3-10H,11H2,1-2H3,(H,19,22). The van der Waals surface area contributed by atoms with Crippen LogP contribution in [0, 0.1) is 5.82 Å². The quantitative estimate of drug-likeness (QED) is 0.797. The van der Waals surface area contributed by atoms with Crippen molar-refractivity contribution in [2.45, 2.75) is 11.8 Å². The van der Waals surface area contributed by atoms with E-state index in [4.69, 9.17) is 0 Å². The molecule has 0 saturated heterocycles. The molecule has 0 aromatic heterocycles. The molecule has 0 unspecified atom stereocenters. The second-order valence-corrected chi connectivity index (χ2v) is 7.41. The summed E-state index contributed by atoms with van der Waals surface area (Å²) in [4.78, 5) is 23.2. The van der Waals surface area contributed by atoms with E-state index >= 15 is 0 Å². The Morgan fingerprint density at radius 2 is 1.68 bits per heavy atom. The van der Waals surface area contributed by atoms with Crippen LogP contribution in [0.2, 0.25) is 0 Å². The third-order valence-electron chi connectivity index (χ3n) is 3.48. The van der Waals surface area contributed by atoms with E-state index in [0.29, 0.717) is 5.56 Å². The van der Waals surface area contributed by atoms with Crippen molar-refractivity contribution in [3.05, 3.63) is 59.9 Å². The van der Waals surface area contributed by atoms with Gasteiger partial charge in [-0.3, -0.25) is 9.59 Å². The number of likely N-dealkylation sites (N-methyl/N-ethyl adjacent to an activating group) is 1. The summed E-state index contributed by atoms with van der Waals surface area (Å²) in [5.74, 6) is -1.46. The number of nitrogens with one attached hydrogen (secondary N) is 1. The first-order chi connectivity index (χ1) is 11.7. The van der Waals surface area contributed by atoms with Crippen LogP contribution in [0.4, 0.5) is 10.1 Å². The maximum absolute atomic E-state index is 13.5. The van der Waals surface area contributed by atoms with Gasteiger partial charge in [-0.15, -0.1) is 0 Å². The second-order valence-electron chi connectivity index (χ2n) is 5.37. The number of sulfonamides is 1. The van der Waals surface area contributed by atoms with E-state index in [-0.39, 0.29) is 16.4 Å². The minimum absolute atomic E-state index is 0.0240. The highest BCUT2D eigenvalue weighted by molar-refractivity contribution is 7.89. The molecular formula is C17H17FN2O4S. The largest absolute Gasteiger partial charge is 0.322 e. The van der Waals surface area contributed by atoms with Crippen LogP contribution in [0.5, 0.6) is 0 Å². The Hall–Kier alpha value is -2.58. The normalized spacial score (nSPS) is 11.4. The minimum atomic E-state index is -3.91. The van der Waals surface area contributed by atoms with E-state index in [0.717, 1.165) is 4.31 Å². The van der Waals surface area contributed by atoms with Gasteiger partial charge in [-0.2, -0.15) is 4.31 Å². The van der Waals surface area contributed by atoms with Crippen LogP contribution in [0.1, 0.15) is 17.3 Å². The van der Waals surface area contributed by atoms with Gasteiger partial charge < -0.3 is 5.32 Å². The zero-order valence-corrected chi connectivity index (χ0v) is 14.5. The third-order valence-corrected chi connectivity index (χ3v) is 5.30. The summed E-state index contributed by atoms with van der Waals surface area (Å²) < 4.78 is 39.3. The third kappa shape index (κ3) is 4.49. The Labute approximate surface area is 145 Å². The molecule has 1 amide bonds. The van der Waals surface area contributed by atoms with Gasteiger partial charge in [0, 0.05) is 12.6 Å². The van der Waals surface area contributed by atoms with Crippen LogP contribution < -0.4 is 5.32 Å². The van der Waals surface area contributed by atoms with Gasteiger partial charge in [0.2, 0.25) is 15.9 Å². The first kappa shape index (κ1) is 18.8. The smallest absolute Gasteiger partial charge is 0.243 e. The number of nitrogens with zero attached hydrogens (tertiary/aromatic N) is 1. The number of Topliss-reactive ketones (excluding diaryl/α,β-unsaturated/α-hetero) is 1. The first-order valence-electron chi connectivity index (χ1n) is 7.33. The van der Waals surface area contributed by atoms with E-state index in [1.54, 1.807) is 6.07 Å². The molecule has 25 heavy (non-hydrogen) atoms. The number of carbonyl (C=O) groups is 2. The second kappa shape index (κ2) is 7.54. The van der Waals surface area contributed by atoms with E-state index in [2.05, 4.69) is 5.32 Å². The number of carbonyl (C=O) groups excluding carboxylic acids is 2. The molecule has 132 valence electrons. The number of anilines is 1. The Bertz CT molecular complexity index is 895. The highest BCUT2D eigenvalue weighted by atomic mass is 32.2. The SMILES string of the molecule is CC(=O)c1ccc(S(=O)(=O)N(C)CC(=O)Nc2ccccc2F)cc1. The molecule has 0 heterocycles. The average molecular weight is 364 g/mol. The molecule has 0 radical (unpaired) electrons. The monoisotopic (exact) mass is 364 g/mol. The lowest BCUT2D eigenvalue weighted by Gasteiger charge is -2.17. The zero-order valence-electron chi connectivity index (χ0n) is 13.7. The fraction of sp³-hybridized carbons (Fsp3) is 0.176. The number of ketones is 1. The molecule has 0 fully saturated rings. The van der Waals surface area contributed by atoms with Crippen molar-refractivity contribution in [2.24, 2.45) is 0 Å². The summed E-state index contributed by atoms with van der Waals surface area (Å²) in [6.07, 6.45) is 0. The van der Waals surface area contributed by atoms with E-state index in [9.17, 15) is 22.4 Å². The van der Waals surface area contributed by atoms with Crippen molar-refractivity contribution < 1.29 is 22.4 Å². The van der Waals surface area contributed by atoms with E-state index < -0.39 is 28.3 Å². The van der Waals surface area contributed by atoms with E-state index in [1.807, 2.05) is 0 Å². The highest BCUT2D eigenvalue weighted by Crippen LogP contribution is 2.16. The molecular weight excluding hydrogens is 347 g/mol. The zero-order chi connectivity index (χ0) is 18.6. The van der Waals surface area contributed by atoms with Crippen LogP contribution in [0.25, 0.3) is 0 Å². The molecule has 2 aromatic rings. The predicted molar refractivity (Wildman–Crippen MR) is 91.3 cm³/mol. The van der Waals surface area contributed by atoms with Crippen molar-refractivity contribution in [3.8, 4) is 0 Å². The number of amides is 1. The van der Waals surface area contributed by atoms with Crippen LogP contribution in [0.15, 0.2) is 53.4 Å². The van der Waals surface area contributed by atoms with Gasteiger partial charge in [0.25, 0.3) is 0 Å². The molecule has 8 heteroatoms. The Kier molecular flexibility index (Phi) is 5.66. The highest BCUT2D eigenvalue weighted by Gasteiger charge is 2.23. The first-order valence-corrected chi connectivity index (χ1v) is 8.77. The number of hydrogen-bond acceptors (Lipinski definition) is 4. The molecule has 0 aliphatic heterocycles. The summed E-state index contributed by atoms with van der Waals surface area (Å²) in [5, 5.41) is 2.32. The summed E-state index contributed by atoms with van der Waals surface area (Å²) in [6, 6.07) is 11.0. The van der Waals surface area contributed by atoms with Gasteiger partial charge in [-0.25, -0.2) is 12.8 Å². The van der Waals surface area contributed by atoms with Crippen molar-refractivity contribution in [1.82, 2.24) is 4.31 Å². The molecule has 0 spiro atoms. The molecule has 0 aliphatic rings. The Morgan fingerprint density at radius 1 is 1.08 bits per heavy atom. The summed E-state index contributed by atoms with van der Waals surface area (Å²) in [6.45, 7) is 0.897. The fourth-order valence-electron chi connectivity index (χ4n) is 2.08. The Morgan fingerprint density at radius 3 is 2.24 bits per heavy atom. The lowest BCUT2D eigenvalue weighted by Crippen LogP contribution is -2.35. The van der Waals surface area contributed by atoms with Gasteiger partial charge in [0.1, 0.15) is 5.82 Å². The molecule has 0 atom stereocenters. The maximum Gasteiger partial charge on any atom is 0.243 e. The number of hydrogen-bond donors (Lipinski definition) is 1. The molecule has 1 N–H and O–H groups in total. The van der Waals surface area contributed by atoms with Crippen LogP contribution in [-0.2, 0) is 14.8 Å². The van der Waals surface area contributed by atoms with Crippen molar-refractivity contribution in [3.63, 3.8) is 0 Å². The van der Waals surface area contributed by atoms with Crippen LogP contribution >= 0.6 is 0 Å². The van der Waals surface area contributed by atoms with Crippen LogP contribution in [-0.4, -0.2) is 38.0 Å². The maximum atomic E-state index is 13.5. The molecule has 2 rings (SSSR count). The van der Waals surface area contributed by atoms with Gasteiger partial charge in [-0.1, -0.05) is 24.3 Å². The molecule has 2 aromatic carbocycles. The number of rotatable bonds is 6. The number of halogens is 1. The predicted octanol–water partition coefficient (Wildman–Crippen LogP) is 2.29. The van der Waals surface area contributed by atoms with Crippen molar-refractivity contribution >= 4 is 27.4 Å². The minimum Gasteiger partial charge on any atom is -0.322 e. The molecule has 0 aliphatic carbocycles. The summed E-state index contributed by atoms with van der Waals surface area (Å²) in [7, 11) is -2.67. The van der Waals surface area contributed by atoms with Gasteiger partial charge in [0.15, 0.2) is 5.78 Å². The van der Waals surface area contributed by atoms with Crippen molar-refractivity contribution in [1.29, 1.82) is 0 Å². The van der Waals surface area contributed by atoms with Gasteiger partial charge in [-0.05, 0) is 31.2 Å². The average Bonchev–Trinajstić information content (AvgIpc) is 2.57. The molecule has 0 saturated carbocycles.